The maximum Gasteiger partial charge on any atom is 0.187 e. The maximum atomic E-state index is 8.83. The van der Waals surface area contributed by atoms with Crippen molar-refractivity contribution in [3.05, 3.63) is 89.8 Å². The van der Waals surface area contributed by atoms with Gasteiger partial charge in [0.15, 0.2) is 5.69 Å². The van der Waals surface area contributed by atoms with Crippen LogP contribution in [0.2, 0.25) is 0 Å². The van der Waals surface area contributed by atoms with E-state index in [-0.39, 0.29) is 0 Å². The molecule has 0 aliphatic rings. The lowest BCUT2D eigenvalue weighted by Crippen LogP contribution is -1.81. The number of hydrogen-bond donors (Lipinski definition) is 0. The Kier molecular flexibility index (Phi) is 3.69. The van der Waals surface area contributed by atoms with Gasteiger partial charge in [0.1, 0.15) is 0 Å². The highest BCUT2D eigenvalue weighted by atomic mass is 14.6. The van der Waals surface area contributed by atoms with Gasteiger partial charge in [-0.3, -0.25) is 0 Å². The Labute approximate surface area is 129 Å². The monoisotopic (exact) mass is 280 g/mol. The van der Waals surface area contributed by atoms with Gasteiger partial charge in [-0.2, -0.15) is 5.26 Å². The average Bonchev–Trinajstić information content (AvgIpc) is 2.62. The summed E-state index contributed by atoms with van der Waals surface area (Å²) in [6.45, 7) is 6.98. The summed E-state index contributed by atoms with van der Waals surface area (Å²) >= 11 is 0. The molecule has 0 spiro atoms. The molecule has 0 fully saturated rings. The van der Waals surface area contributed by atoms with Crippen LogP contribution in [-0.2, 0) is 0 Å². The van der Waals surface area contributed by atoms with Crippen molar-refractivity contribution in [3.8, 4) is 28.3 Å². The van der Waals surface area contributed by atoms with Crippen LogP contribution in [0.15, 0.2) is 72.8 Å². The van der Waals surface area contributed by atoms with Gasteiger partial charge in [0.2, 0.25) is 0 Å². The van der Waals surface area contributed by atoms with Crippen LogP contribution in [0.5, 0.6) is 0 Å². The van der Waals surface area contributed by atoms with Gasteiger partial charge < -0.3 is 0 Å². The van der Waals surface area contributed by atoms with E-state index in [2.05, 4.69) is 35.2 Å². The summed E-state index contributed by atoms with van der Waals surface area (Å²) in [5.74, 6) is 0. The molecule has 0 amide bonds. The van der Waals surface area contributed by atoms with Crippen LogP contribution in [0.25, 0.3) is 27.1 Å². The third-order valence-corrected chi connectivity index (χ3v) is 3.56. The van der Waals surface area contributed by atoms with Crippen molar-refractivity contribution in [3.63, 3.8) is 0 Å². The van der Waals surface area contributed by atoms with Gasteiger partial charge in [0.25, 0.3) is 0 Å². The Morgan fingerprint density at radius 3 is 1.36 bits per heavy atom. The van der Waals surface area contributed by atoms with E-state index < -0.39 is 0 Å². The fourth-order valence-corrected chi connectivity index (χ4v) is 2.32. The van der Waals surface area contributed by atoms with E-state index in [1.54, 1.807) is 0 Å². The van der Waals surface area contributed by atoms with Gasteiger partial charge in [0.05, 0.1) is 18.2 Å². The molecule has 0 bridgehead atoms. The molecule has 3 aromatic carbocycles. The molecule has 0 saturated heterocycles. The van der Waals surface area contributed by atoms with Crippen LogP contribution in [0, 0.1) is 17.9 Å². The Bertz CT molecular complexity index is 783. The summed E-state index contributed by atoms with van der Waals surface area (Å²) in [5.41, 5.74) is 5.74. The highest BCUT2D eigenvalue weighted by Crippen LogP contribution is 2.26. The zero-order chi connectivity index (χ0) is 15.4. The van der Waals surface area contributed by atoms with Crippen LogP contribution in [0.3, 0.4) is 0 Å². The van der Waals surface area contributed by atoms with E-state index >= 15 is 0 Å². The number of hydrogen-bond acceptors (Lipinski definition) is 1. The Morgan fingerprint density at radius 2 is 1.00 bits per heavy atom. The zero-order valence-corrected chi connectivity index (χ0v) is 11.8. The van der Waals surface area contributed by atoms with Crippen molar-refractivity contribution in [2.45, 2.75) is 0 Å². The second kappa shape index (κ2) is 5.95. The minimum Gasteiger partial charge on any atom is -0.238 e. The summed E-state index contributed by atoms with van der Waals surface area (Å²) in [6, 6.07) is 25.6. The van der Waals surface area contributed by atoms with Gasteiger partial charge in [-0.15, -0.1) is 0 Å². The van der Waals surface area contributed by atoms with Gasteiger partial charge in [-0.05, 0) is 34.4 Å². The molecule has 2 heteroatoms. The molecule has 0 aromatic heterocycles. The van der Waals surface area contributed by atoms with Gasteiger partial charge in [0, 0.05) is 0 Å². The Balaban J connectivity index is 1.88. The third kappa shape index (κ3) is 2.73. The molecular weight excluding hydrogens is 268 g/mol. The Morgan fingerprint density at radius 1 is 0.636 bits per heavy atom. The minimum absolute atomic E-state index is 0.651. The lowest BCUT2D eigenvalue weighted by Gasteiger charge is -2.05. The first kappa shape index (κ1) is 13.6. The van der Waals surface area contributed by atoms with E-state index in [9.17, 15) is 0 Å². The second-order valence-electron chi connectivity index (χ2n) is 4.93. The molecule has 22 heavy (non-hydrogen) atoms. The van der Waals surface area contributed by atoms with Gasteiger partial charge in [-0.1, -0.05) is 60.7 Å². The van der Waals surface area contributed by atoms with E-state index in [4.69, 9.17) is 11.8 Å². The lowest BCUT2D eigenvalue weighted by atomic mass is 9.99. The molecule has 3 rings (SSSR count). The summed E-state index contributed by atoms with van der Waals surface area (Å²) < 4.78 is 0. The van der Waals surface area contributed by atoms with Crippen LogP contribution in [-0.4, -0.2) is 0 Å². The number of nitrogens with zero attached hydrogens (tertiary/aromatic N) is 2. The molecule has 0 aliphatic heterocycles. The molecule has 0 radical (unpaired) electrons. The fourth-order valence-electron chi connectivity index (χ4n) is 2.32. The molecule has 2 nitrogen and oxygen atoms in total. The van der Waals surface area contributed by atoms with Crippen molar-refractivity contribution < 1.29 is 0 Å². The molecule has 0 saturated carbocycles. The summed E-state index contributed by atoms with van der Waals surface area (Å²) in [6.07, 6.45) is 0. The van der Waals surface area contributed by atoms with Gasteiger partial charge >= 0.3 is 0 Å². The Hall–Kier alpha value is -3.36. The van der Waals surface area contributed by atoms with Crippen molar-refractivity contribution in [1.29, 1.82) is 5.26 Å². The summed E-state index contributed by atoms with van der Waals surface area (Å²) in [7, 11) is 0. The second-order valence-corrected chi connectivity index (χ2v) is 4.93. The maximum absolute atomic E-state index is 8.83. The number of rotatable bonds is 2. The van der Waals surface area contributed by atoms with Gasteiger partial charge in [-0.25, -0.2) is 4.85 Å². The first-order chi connectivity index (χ1) is 10.8. The van der Waals surface area contributed by atoms with E-state index in [0.29, 0.717) is 11.3 Å². The highest BCUT2D eigenvalue weighted by molar-refractivity contribution is 5.71. The van der Waals surface area contributed by atoms with Crippen LogP contribution in [0.4, 0.5) is 5.69 Å². The average molecular weight is 280 g/mol. The molecule has 0 heterocycles. The molecule has 3 aromatic rings. The zero-order valence-electron chi connectivity index (χ0n) is 11.8. The van der Waals surface area contributed by atoms with Crippen molar-refractivity contribution in [2.75, 3.05) is 0 Å². The summed E-state index contributed by atoms with van der Waals surface area (Å²) in [4.78, 5) is 3.40. The molecule has 0 N–H and O–H groups in total. The van der Waals surface area contributed by atoms with E-state index in [0.717, 1.165) is 22.3 Å². The SMILES string of the molecule is [C-]#[N+]c1ccc(-c2ccc(-c3ccc(C#N)cc3)cc2)cc1. The van der Waals surface area contributed by atoms with Crippen molar-refractivity contribution in [2.24, 2.45) is 0 Å². The smallest absolute Gasteiger partial charge is 0.187 e. The predicted octanol–water partition coefficient (Wildman–Crippen LogP) is 5.44. The van der Waals surface area contributed by atoms with Crippen molar-refractivity contribution >= 4 is 5.69 Å². The standard InChI is InChI=1S/C20H12N2/c1-22-20-12-10-19(11-13-20)18-8-6-17(7-9-18)16-4-2-15(14-21)3-5-16/h2-13H. The first-order valence-corrected chi connectivity index (χ1v) is 6.88. The number of benzene rings is 3. The van der Waals surface area contributed by atoms with Crippen LogP contribution >= 0.6 is 0 Å². The van der Waals surface area contributed by atoms with E-state index in [1.807, 2.05) is 48.5 Å². The third-order valence-electron chi connectivity index (χ3n) is 3.56. The number of nitriles is 1. The molecule has 0 unspecified atom stereocenters. The first-order valence-electron chi connectivity index (χ1n) is 6.88. The molecule has 102 valence electrons. The highest BCUT2D eigenvalue weighted by Gasteiger charge is 2.01. The molecular formula is C20H12N2. The van der Waals surface area contributed by atoms with Crippen LogP contribution < -0.4 is 0 Å². The predicted molar refractivity (Wildman–Crippen MR) is 88.3 cm³/mol. The molecule has 0 atom stereocenters. The normalized spacial score (nSPS) is 9.73. The van der Waals surface area contributed by atoms with E-state index in [1.165, 1.54) is 0 Å². The fraction of sp³-hybridized carbons (Fsp3) is 0. The quantitative estimate of drug-likeness (QED) is 0.574. The largest absolute Gasteiger partial charge is 0.238 e. The minimum atomic E-state index is 0.651. The topological polar surface area (TPSA) is 28.1 Å². The molecule has 0 aliphatic carbocycles. The van der Waals surface area contributed by atoms with Crippen LogP contribution in [0.1, 0.15) is 5.56 Å². The summed E-state index contributed by atoms with van der Waals surface area (Å²) in [5, 5.41) is 8.83. The lowest BCUT2D eigenvalue weighted by molar-refractivity contribution is 1.48. The van der Waals surface area contributed by atoms with Crippen molar-refractivity contribution in [1.82, 2.24) is 0 Å².